The first kappa shape index (κ1) is 15.3. The van der Waals surface area contributed by atoms with Crippen molar-refractivity contribution in [3.8, 4) is 0 Å². The number of hydrogen-bond acceptors (Lipinski definition) is 3. The molecule has 1 saturated carbocycles. The lowest BCUT2D eigenvalue weighted by atomic mass is 10.0. The van der Waals surface area contributed by atoms with E-state index in [-0.39, 0.29) is 17.0 Å². The van der Waals surface area contributed by atoms with Gasteiger partial charge in [0, 0.05) is 11.4 Å². The van der Waals surface area contributed by atoms with Crippen molar-refractivity contribution in [2.75, 3.05) is 6.54 Å². The Labute approximate surface area is 120 Å². The van der Waals surface area contributed by atoms with Gasteiger partial charge in [-0.05, 0) is 25.0 Å². The van der Waals surface area contributed by atoms with E-state index in [1.807, 2.05) is 0 Å². The maximum atomic E-state index is 12.4. The summed E-state index contributed by atoms with van der Waals surface area (Å²) in [6.07, 6.45) is 3.23. The zero-order valence-corrected chi connectivity index (χ0v) is 11.8. The molecule has 0 unspecified atom stereocenters. The molecule has 0 aliphatic heterocycles. The highest BCUT2D eigenvalue weighted by Crippen LogP contribution is 2.30. The zero-order valence-electron chi connectivity index (χ0n) is 10.9. The van der Waals surface area contributed by atoms with Crippen LogP contribution in [0.4, 0.5) is 8.78 Å². The SMILES string of the molecule is O=C(NCC1(O)CCCC1)c1ccccc1SC(F)F. The lowest BCUT2D eigenvalue weighted by Gasteiger charge is -2.22. The third-order valence-electron chi connectivity index (χ3n) is 3.46. The number of carbonyl (C=O) groups is 1. The molecule has 0 saturated heterocycles. The molecule has 6 heteroatoms. The van der Waals surface area contributed by atoms with Crippen molar-refractivity contribution in [2.24, 2.45) is 0 Å². The highest BCUT2D eigenvalue weighted by Gasteiger charge is 2.31. The Bertz CT molecular complexity index is 476. The number of halogens is 2. The van der Waals surface area contributed by atoms with Crippen molar-refractivity contribution in [3.05, 3.63) is 29.8 Å². The number of thioether (sulfide) groups is 1. The fourth-order valence-electron chi connectivity index (χ4n) is 2.40. The Kier molecular flexibility index (Phi) is 4.99. The molecule has 0 bridgehead atoms. The highest BCUT2D eigenvalue weighted by molar-refractivity contribution is 7.99. The molecular weight excluding hydrogens is 284 g/mol. The van der Waals surface area contributed by atoms with E-state index in [9.17, 15) is 18.7 Å². The van der Waals surface area contributed by atoms with Crippen molar-refractivity contribution in [3.63, 3.8) is 0 Å². The molecule has 20 heavy (non-hydrogen) atoms. The second-order valence-corrected chi connectivity index (χ2v) is 6.02. The molecular formula is C14H17F2NO2S. The van der Waals surface area contributed by atoms with Crippen LogP contribution in [-0.2, 0) is 0 Å². The monoisotopic (exact) mass is 301 g/mol. The van der Waals surface area contributed by atoms with Crippen LogP contribution in [0.3, 0.4) is 0 Å². The molecule has 1 aliphatic carbocycles. The van der Waals surface area contributed by atoms with Crippen molar-refractivity contribution >= 4 is 17.7 Å². The lowest BCUT2D eigenvalue weighted by Crippen LogP contribution is -2.40. The van der Waals surface area contributed by atoms with E-state index < -0.39 is 17.3 Å². The first-order chi connectivity index (χ1) is 9.50. The summed E-state index contributed by atoms with van der Waals surface area (Å²) in [6, 6.07) is 6.26. The quantitative estimate of drug-likeness (QED) is 0.822. The predicted octanol–water partition coefficient (Wildman–Crippen LogP) is 3.04. The minimum atomic E-state index is -2.57. The fourth-order valence-corrected chi connectivity index (χ4v) is 3.04. The van der Waals surface area contributed by atoms with Crippen molar-refractivity contribution < 1.29 is 18.7 Å². The van der Waals surface area contributed by atoms with Gasteiger partial charge in [-0.15, -0.1) is 0 Å². The number of aliphatic hydroxyl groups is 1. The van der Waals surface area contributed by atoms with Gasteiger partial charge in [-0.3, -0.25) is 4.79 Å². The highest BCUT2D eigenvalue weighted by atomic mass is 32.2. The maximum absolute atomic E-state index is 12.4. The van der Waals surface area contributed by atoms with E-state index >= 15 is 0 Å². The van der Waals surface area contributed by atoms with Crippen LogP contribution in [0.2, 0.25) is 0 Å². The first-order valence-corrected chi connectivity index (χ1v) is 7.43. The van der Waals surface area contributed by atoms with Gasteiger partial charge in [-0.1, -0.05) is 36.7 Å². The van der Waals surface area contributed by atoms with Crippen LogP contribution in [0.1, 0.15) is 36.0 Å². The van der Waals surface area contributed by atoms with Crippen LogP contribution in [0.5, 0.6) is 0 Å². The Morgan fingerprint density at radius 1 is 1.35 bits per heavy atom. The summed E-state index contributed by atoms with van der Waals surface area (Å²) in [5.41, 5.74) is -0.625. The van der Waals surface area contributed by atoms with E-state index in [1.165, 1.54) is 12.1 Å². The molecule has 0 spiro atoms. The number of alkyl halides is 2. The molecule has 1 aromatic rings. The van der Waals surface area contributed by atoms with Crippen LogP contribution in [0, 0.1) is 0 Å². The molecule has 0 heterocycles. The van der Waals surface area contributed by atoms with Gasteiger partial charge in [-0.25, -0.2) is 0 Å². The summed E-state index contributed by atoms with van der Waals surface area (Å²) < 4.78 is 24.9. The van der Waals surface area contributed by atoms with E-state index in [0.29, 0.717) is 24.6 Å². The minimum Gasteiger partial charge on any atom is -0.388 e. The maximum Gasteiger partial charge on any atom is 0.288 e. The van der Waals surface area contributed by atoms with Crippen LogP contribution < -0.4 is 5.32 Å². The van der Waals surface area contributed by atoms with Gasteiger partial charge in [0.1, 0.15) is 0 Å². The Balaban J connectivity index is 2.01. The zero-order chi connectivity index (χ0) is 14.6. The molecule has 3 nitrogen and oxygen atoms in total. The van der Waals surface area contributed by atoms with E-state index in [1.54, 1.807) is 12.1 Å². The Morgan fingerprint density at radius 2 is 2.00 bits per heavy atom. The van der Waals surface area contributed by atoms with Gasteiger partial charge < -0.3 is 10.4 Å². The largest absolute Gasteiger partial charge is 0.388 e. The van der Waals surface area contributed by atoms with Gasteiger partial charge in [0.15, 0.2) is 0 Å². The molecule has 1 amide bonds. The van der Waals surface area contributed by atoms with Crippen molar-refractivity contribution in [1.29, 1.82) is 0 Å². The summed E-state index contributed by atoms with van der Waals surface area (Å²) >= 11 is 0.354. The summed E-state index contributed by atoms with van der Waals surface area (Å²) in [5, 5.41) is 12.8. The van der Waals surface area contributed by atoms with Gasteiger partial charge in [0.25, 0.3) is 11.7 Å². The average molecular weight is 301 g/mol. The molecule has 1 aliphatic rings. The Morgan fingerprint density at radius 3 is 2.65 bits per heavy atom. The Hall–Kier alpha value is -1.14. The minimum absolute atomic E-state index is 0.166. The fraction of sp³-hybridized carbons (Fsp3) is 0.500. The van der Waals surface area contributed by atoms with Crippen molar-refractivity contribution in [1.82, 2.24) is 5.32 Å². The van der Waals surface area contributed by atoms with E-state index in [4.69, 9.17) is 0 Å². The molecule has 2 rings (SSSR count). The average Bonchev–Trinajstić information content (AvgIpc) is 2.83. The van der Waals surface area contributed by atoms with Gasteiger partial charge in [-0.2, -0.15) is 8.78 Å². The van der Waals surface area contributed by atoms with Crippen LogP contribution >= 0.6 is 11.8 Å². The molecule has 0 aromatic heterocycles. The normalized spacial score (nSPS) is 17.4. The summed E-state index contributed by atoms with van der Waals surface area (Å²) in [4.78, 5) is 12.3. The number of nitrogens with one attached hydrogen (secondary N) is 1. The predicted molar refractivity (Wildman–Crippen MR) is 74.1 cm³/mol. The van der Waals surface area contributed by atoms with E-state index in [2.05, 4.69) is 5.32 Å². The number of rotatable bonds is 5. The summed E-state index contributed by atoms with van der Waals surface area (Å²) in [6.45, 7) is 0.166. The molecule has 0 atom stereocenters. The summed E-state index contributed by atoms with van der Waals surface area (Å²) in [5.74, 6) is -2.99. The van der Waals surface area contributed by atoms with Gasteiger partial charge in [0.2, 0.25) is 0 Å². The second-order valence-electron chi connectivity index (χ2n) is 4.99. The molecule has 110 valence electrons. The second kappa shape index (κ2) is 6.54. The van der Waals surface area contributed by atoms with Crippen molar-refractivity contribution in [2.45, 2.75) is 41.9 Å². The number of benzene rings is 1. The lowest BCUT2D eigenvalue weighted by molar-refractivity contribution is 0.0449. The van der Waals surface area contributed by atoms with Crippen LogP contribution in [0.25, 0.3) is 0 Å². The number of carbonyl (C=O) groups excluding carboxylic acids is 1. The van der Waals surface area contributed by atoms with Gasteiger partial charge >= 0.3 is 0 Å². The number of hydrogen-bond donors (Lipinski definition) is 2. The van der Waals surface area contributed by atoms with Crippen LogP contribution in [0.15, 0.2) is 29.2 Å². The summed E-state index contributed by atoms with van der Waals surface area (Å²) in [7, 11) is 0. The van der Waals surface area contributed by atoms with Gasteiger partial charge in [0.05, 0.1) is 11.2 Å². The molecule has 1 aromatic carbocycles. The molecule has 2 N–H and O–H groups in total. The molecule has 0 radical (unpaired) electrons. The third kappa shape index (κ3) is 3.93. The van der Waals surface area contributed by atoms with E-state index in [0.717, 1.165) is 12.8 Å². The number of amides is 1. The smallest absolute Gasteiger partial charge is 0.288 e. The van der Waals surface area contributed by atoms with Crippen LogP contribution in [-0.4, -0.2) is 28.9 Å². The molecule has 1 fully saturated rings. The third-order valence-corrected chi connectivity index (χ3v) is 4.25. The standard InChI is InChI=1S/C14H17F2NO2S/c15-13(16)20-11-6-2-1-5-10(11)12(18)17-9-14(19)7-3-4-8-14/h1-2,5-6,13,19H,3-4,7-9H2,(H,17,18). The first-order valence-electron chi connectivity index (χ1n) is 6.55. The topological polar surface area (TPSA) is 49.3 Å².